The van der Waals surface area contributed by atoms with Gasteiger partial charge in [-0.1, -0.05) is 30.3 Å². The first-order valence-corrected chi connectivity index (χ1v) is 9.30. The number of benzene rings is 1. The van der Waals surface area contributed by atoms with Gasteiger partial charge in [0, 0.05) is 40.2 Å². The summed E-state index contributed by atoms with van der Waals surface area (Å²) in [6, 6.07) is 9.67. The minimum Gasteiger partial charge on any atom is -0.347 e. The first-order chi connectivity index (χ1) is 12.5. The first kappa shape index (κ1) is 18.4. The predicted molar refractivity (Wildman–Crippen MR) is 98.3 cm³/mol. The molecule has 1 aromatic carbocycles. The van der Waals surface area contributed by atoms with Crippen molar-refractivity contribution in [2.24, 2.45) is 5.92 Å². The van der Waals surface area contributed by atoms with E-state index in [-0.39, 0.29) is 36.1 Å². The third-order valence-corrected chi connectivity index (χ3v) is 5.34. The molecule has 0 aromatic heterocycles. The summed E-state index contributed by atoms with van der Waals surface area (Å²) in [6.45, 7) is 1.70. The lowest BCUT2D eigenvalue weighted by Gasteiger charge is -2.28. The summed E-state index contributed by atoms with van der Waals surface area (Å²) in [5.74, 6) is -0.359. The molecule has 2 saturated heterocycles. The summed E-state index contributed by atoms with van der Waals surface area (Å²) in [7, 11) is 3.43. The van der Waals surface area contributed by atoms with Crippen LogP contribution in [-0.2, 0) is 20.8 Å². The van der Waals surface area contributed by atoms with E-state index in [0.29, 0.717) is 26.1 Å². The van der Waals surface area contributed by atoms with E-state index in [1.54, 1.807) is 28.8 Å². The van der Waals surface area contributed by atoms with Gasteiger partial charge in [-0.3, -0.25) is 14.4 Å². The molecule has 0 saturated carbocycles. The minimum atomic E-state index is -0.369. The molecule has 3 amide bonds. The van der Waals surface area contributed by atoms with Crippen molar-refractivity contribution in [1.82, 2.24) is 14.7 Å². The molecule has 6 nitrogen and oxygen atoms in total. The minimum absolute atomic E-state index is 0.0268. The zero-order chi connectivity index (χ0) is 18.7. The molecule has 2 unspecified atom stereocenters. The van der Waals surface area contributed by atoms with Crippen molar-refractivity contribution < 1.29 is 14.4 Å². The molecule has 140 valence electrons. The Bertz CT molecular complexity index is 674. The van der Waals surface area contributed by atoms with E-state index in [9.17, 15) is 14.4 Å². The molecule has 6 heteroatoms. The van der Waals surface area contributed by atoms with E-state index in [1.165, 1.54) is 5.56 Å². The lowest BCUT2D eigenvalue weighted by Crippen LogP contribution is -2.47. The van der Waals surface area contributed by atoms with Gasteiger partial charge in [0.2, 0.25) is 17.7 Å². The molecule has 26 heavy (non-hydrogen) atoms. The molecule has 0 N–H and O–H groups in total. The fraction of sp³-hybridized carbons (Fsp3) is 0.550. The number of likely N-dealkylation sites (tertiary alicyclic amines) is 2. The van der Waals surface area contributed by atoms with Gasteiger partial charge in [-0.2, -0.15) is 0 Å². The van der Waals surface area contributed by atoms with Crippen LogP contribution in [0.3, 0.4) is 0 Å². The number of likely N-dealkylation sites (N-methyl/N-ethyl adjacent to an activating group) is 1. The summed E-state index contributed by atoms with van der Waals surface area (Å²) in [6.07, 6.45) is 2.60. The van der Waals surface area contributed by atoms with Crippen molar-refractivity contribution in [3.05, 3.63) is 35.9 Å². The van der Waals surface area contributed by atoms with Gasteiger partial charge in [-0.15, -0.1) is 0 Å². The molecule has 2 heterocycles. The number of carbonyl (C=O) groups is 3. The Labute approximate surface area is 154 Å². The average molecular weight is 357 g/mol. The molecule has 0 aliphatic carbocycles. The van der Waals surface area contributed by atoms with E-state index in [2.05, 4.69) is 0 Å². The molecule has 3 rings (SSSR count). The fourth-order valence-corrected chi connectivity index (χ4v) is 3.88. The molecular weight excluding hydrogens is 330 g/mol. The van der Waals surface area contributed by atoms with Crippen molar-refractivity contribution >= 4 is 17.7 Å². The third kappa shape index (κ3) is 3.89. The highest BCUT2D eigenvalue weighted by atomic mass is 16.2. The maximum atomic E-state index is 12.9. The fourth-order valence-electron chi connectivity index (χ4n) is 3.88. The van der Waals surface area contributed by atoms with Gasteiger partial charge in [0.25, 0.3) is 0 Å². The molecule has 2 aliphatic heterocycles. The van der Waals surface area contributed by atoms with Crippen LogP contribution in [0.5, 0.6) is 0 Å². The number of rotatable bonds is 5. The second kappa shape index (κ2) is 7.89. The summed E-state index contributed by atoms with van der Waals surface area (Å²) in [4.78, 5) is 42.6. The van der Waals surface area contributed by atoms with Gasteiger partial charge in [0.15, 0.2) is 0 Å². The van der Waals surface area contributed by atoms with Crippen LogP contribution in [0.2, 0.25) is 0 Å². The van der Waals surface area contributed by atoms with Crippen LogP contribution in [0.4, 0.5) is 0 Å². The van der Waals surface area contributed by atoms with Crippen LogP contribution in [0, 0.1) is 5.92 Å². The van der Waals surface area contributed by atoms with Crippen molar-refractivity contribution in [1.29, 1.82) is 0 Å². The van der Waals surface area contributed by atoms with Crippen LogP contribution in [0.25, 0.3) is 0 Å². The number of hydrogen-bond acceptors (Lipinski definition) is 3. The van der Waals surface area contributed by atoms with Crippen LogP contribution in [-0.4, -0.2) is 72.2 Å². The maximum absolute atomic E-state index is 12.9. The smallest absolute Gasteiger partial charge is 0.244 e. The van der Waals surface area contributed by atoms with Crippen LogP contribution < -0.4 is 0 Å². The Morgan fingerprint density at radius 1 is 1.19 bits per heavy atom. The highest BCUT2D eigenvalue weighted by Gasteiger charge is 2.41. The summed E-state index contributed by atoms with van der Waals surface area (Å²) in [5, 5.41) is 0. The second-order valence-corrected chi connectivity index (χ2v) is 7.40. The number of amides is 3. The highest BCUT2D eigenvalue weighted by molar-refractivity contribution is 5.93. The highest BCUT2D eigenvalue weighted by Crippen LogP contribution is 2.26. The predicted octanol–water partition coefficient (Wildman–Crippen LogP) is 1.16. The van der Waals surface area contributed by atoms with Crippen molar-refractivity contribution in [3.63, 3.8) is 0 Å². The van der Waals surface area contributed by atoms with Gasteiger partial charge in [0.05, 0.1) is 5.92 Å². The van der Waals surface area contributed by atoms with Gasteiger partial charge in [-0.25, -0.2) is 0 Å². The summed E-state index contributed by atoms with van der Waals surface area (Å²) < 4.78 is 0. The van der Waals surface area contributed by atoms with Crippen LogP contribution >= 0.6 is 0 Å². The van der Waals surface area contributed by atoms with E-state index in [4.69, 9.17) is 0 Å². The molecule has 0 radical (unpaired) electrons. The van der Waals surface area contributed by atoms with Gasteiger partial charge in [-0.05, 0) is 24.8 Å². The average Bonchev–Trinajstić information content (AvgIpc) is 3.26. The van der Waals surface area contributed by atoms with Crippen molar-refractivity contribution in [2.45, 2.75) is 31.7 Å². The SMILES string of the molecule is CN(C)C(=O)C1CCCN1C(=O)C1CC(=O)N(CCc2ccccc2)C1. The molecular formula is C20H27N3O3. The van der Waals surface area contributed by atoms with Gasteiger partial charge < -0.3 is 14.7 Å². The largest absolute Gasteiger partial charge is 0.347 e. The monoisotopic (exact) mass is 357 g/mol. The Morgan fingerprint density at radius 3 is 2.62 bits per heavy atom. The van der Waals surface area contributed by atoms with E-state index < -0.39 is 0 Å². The zero-order valence-corrected chi connectivity index (χ0v) is 15.6. The number of carbonyl (C=O) groups excluding carboxylic acids is 3. The van der Waals surface area contributed by atoms with Crippen LogP contribution in [0.1, 0.15) is 24.8 Å². The molecule has 1 aromatic rings. The lowest BCUT2D eigenvalue weighted by atomic mass is 10.1. The normalized spacial score (nSPS) is 22.8. The Balaban J connectivity index is 1.59. The molecule has 2 fully saturated rings. The zero-order valence-electron chi connectivity index (χ0n) is 15.6. The molecule has 0 spiro atoms. The first-order valence-electron chi connectivity index (χ1n) is 9.30. The van der Waals surface area contributed by atoms with Crippen molar-refractivity contribution in [3.8, 4) is 0 Å². The Kier molecular flexibility index (Phi) is 5.59. The summed E-state index contributed by atoms with van der Waals surface area (Å²) in [5.41, 5.74) is 1.19. The van der Waals surface area contributed by atoms with Gasteiger partial charge in [0.1, 0.15) is 6.04 Å². The lowest BCUT2D eigenvalue weighted by molar-refractivity contribution is -0.144. The third-order valence-electron chi connectivity index (χ3n) is 5.34. The number of hydrogen-bond donors (Lipinski definition) is 0. The van der Waals surface area contributed by atoms with E-state index in [0.717, 1.165) is 12.8 Å². The van der Waals surface area contributed by atoms with E-state index >= 15 is 0 Å². The topological polar surface area (TPSA) is 60.9 Å². The molecule has 2 aliphatic rings. The second-order valence-electron chi connectivity index (χ2n) is 7.40. The van der Waals surface area contributed by atoms with Crippen LogP contribution in [0.15, 0.2) is 30.3 Å². The number of nitrogens with zero attached hydrogens (tertiary/aromatic N) is 3. The Hall–Kier alpha value is -2.37. The van der Waals surface area contributed by atoms with Gasteiger partial charge >= 0.3 is 0 Å². The van der Waals surface area contributed by atoms with Crippen molar-refractivity contribution in [2.75, 3.05) is 33.7 Å². The quantitative estimate of drug-likeness (QED) is 0.794. The standard InChI is InChI=1S/C20H27N3O3/c1-21(2)20(26)17-9-6-11-23(17)19(25)16-13-18(24)22(14-16)12-10-15-7-4-3-5-8-15/h3-5,7-8,16-17H,6,9-14H2,1-2H3. The molecule has 2 atom stereocenters. The maximum Gasteiger partial charge on any atom is 0.244 e. The van der Waals surface area contributed by atoms with E-state index in [1.807, 2.05) is 30.3 Å². The summed E-state index contributed by atoms with van der Waals surface area (Å²) >= 11 is 0. The molecule has 0 bridgehead atoms. The Morgan fingerprint density at radius 2 is 1.92 bits per heavy atom.